The van der Waals surface area contributed by atoms with Crippen molar-refractivity contribution >= 4 is 12.1 Å². The number of alkyl halides is 6. The molecule has 0 aromatic heterocycles. The molecule has 0 spiro atoms. The van der Waals surface area contributed by atoms with E-state index in [1.165, 1.54) is 12.1 Å². The van der Waals surface area contributed by atoms with Crippen molar-refractivity contribution in [3.05, 3.63) is 65.0 Å². The molecule has 1 N–H and O–H groups in total. The van der Waals surface area contributed by atoms with Crippen molar-refractivity contribution in [2.24, 2.45) is 5.10 Å². The van der Waals surface area contributed by atoms with Gasteiger partial charge >= 0.3 is 12.5 Å². The third kappa shape index (κ3) is 5.69. The van der Waals surface area contributed by atoms with Crippen LogP contribution in [0, 0.1) is 5.82 Å². The zero-order chi connectivity index (χ0) is 20.2. The van der Waals surface area contributed by atoms with Crippen molar-refractivity contribution in [3.8, 4) is 5.75 Å². The molecule has 0 aliphatic carbocycles. The molecule has 0 bridgehead atoms. The maximum Gasteiger partial charge on any atom is 0.573 e. The molecule has 11 heteroatoms. The van der Waals surface area contributed by atoms with Crippen LogP contribution < -0.4 is 10.2 Å². The quantitative estimate of drug-likeness (QED) is 0.472. The minimum Gasteiger partial charge on any atom is -0.405 e. The van der Waals surface area contributed by atoms with Crippen molar-refractivity contribution in [2.45, 2.75) is 12.5 Å². The molecule has 0 aliphatic rings. The largest absolute Gasteiger partial charge is 0.573 e. The average molecular weight is 394 g/mol. The van der Waals surface area contributed by atoms with Gasteiger partial charge in [0.2, 0.25) is 0 Å². The number of carbonyl (C=O) groups is 1. The van der Waals surface area contributed by atoms with Crippen molar-refractivity contribution in [1.82, 2.24) is 5.43 Å². The smallest absolute Gasteiger partial charge is 0.405 e. The van der Waals surface area contributed by atoms with Gasteiger partial charge in [0.05, 0.1) is 17.3 Å². The average Bonchev–Trinajstić information content (AvgIpc) is 2.54. The van der Waals surface area contributed by atoms with Gasteiger partial charge in [-0.2, -0.15) is 18.3 Å². The van der Waals surface area contributed by atoms with Crippen LogP contribution in [0.25, 0.3) is 0 Å². The van der Waals surface area contributed by atoms with E-state index in [1.54, 1.807) is 0 Å². The van der Waals surface area contributed by atoms with Crippen molar-refractivity contribution in [2.75, 3.05) is 0 Å². The summed E-state index contributed by atoms with van der Waals surface area (Å²) in [6.45, 7) is 0. The lowest BCUT2D eigenvalue weighted by Gasteiger charge is -2.11. The van der Waals surface area contributed by atoms with Crippen LogP contribution in [0.5, 0.6) is 5.75 Å². The van der Waals surface area contributed by atoms with Crippen molar-refractivity contribution < 1.29 is 40.3 Å². The Labute approximate surface area is 147 Å². The molecule has 0 saturated carbocycles. The Morgan fingerprint density at radius 2 is 1.70 bits per heavy atom. The fourth-order valence-electron chi connectivity index (χ4n) is 1.90. The van der Waals surface area contributed by atoms with Crippen LogP contribution in [0.2, 0.25) is 0 Å². The Hall–Kier alpha value is -3.11. The normalized spacial score (nSPS) is 12.3. The van der Waals surface area contributed by atoms with E-state index in [2.05, 4.69) is 9.84 Å². The summed E-state index contributed by atoms with van der Waals surface area (Å²) in [6.07, 6.45) is -9.05. The number of halogens is 7. The molecule has 27 heavy (non-hydrogen) atoms. The first-order valence-electron chi connectivity index (χ1n) is 7.02. The molecular formula is C16H9F7N2O2. The first-order valence-corrected chi connectivity index (χ1v) is 7.02. The third-order valence-corrected chi connectivity index (χ3v) is 3.05. The number of amides is 1. The number of para-hydroxylation sites is 1. The summed E-state index contributed by atoms with van der Waals surface area (Å²) in [4.78, 5) is 11.9. The monoisotopic (exact) mass is 394 g/mol. The number of carbonyl (C=O) groups excluding carboxylic acids is 1. The Morgan fingerprint density at radius 3 is 2.30 bits per heavy atom. The highest BCUT2D eigenvalue weighted by molar-refractivity contribution is 5.97. The number of hydrogen-bond acceptors (Lipinski definition) is 3. The van der Waals surface area contributed by atoms with Crippen molar-refractivity contribution in [1.29, 1.82) is 0 Å². The van der Waals surface area contributed by atoms with Gasteiger partial charge in [-0.05, 0) is 30.3 Å². The molecule has 0 aliphatic heterocycles. The SMILES string of the molecule is O=C(NN=Cc1ccc(C(F)(F)F)cc1F)c1ccccc1OC(F)(F)F. The van der Waals surface area contributed by atoms with E-state index in [9.17, 15) is 35.5 Å². The summed E-state index contributed by atoms with van der Waals surface area (Å²) in [5.74, 6) is -3.12. The minimum atomic E-state index is -5.02. The van der Waals surface area contributed by atoms with Gasteiger partial charge < -0.3 is 4.74 Å². The molecule has 0 radical (unpaired) electrons. The zero-order valence-electron chi connectivity index (χ0n) is 13.0. The Bertz CT molecular complexity index is 861. The number of rotatable bonds is 4. The Kier molecular flexibility index (Phi) is 5.72. The number of nitrogens with zero attached hydrogens (tertiary/aromatic N) is 1. The van der Waals surface area contributed by atoms with Gasteiger partial charge in [0, 0.05) is 5.56 Å². The second kappa shape index (κ2) is 7.64. The number of ether oxygens (including phenoxy) is 1. The Balaban J connectivity index is 2.12. The highest BCUT2D eigenvalue weighted by Crippen LogP contribution is 2.30. The minimum absolute atomic E-state index is 0.246. The van der Waals surface area contributed by atoms with E-state index < -0.39 is 41.1 Å². The van der Waals surface area contributed by atoms with E-state index in [1.807, 2.05) is 5.43 Å². The summed E-state index contributed by atoms with van der Waals surface area (Å²) >= 11 is 0. The molecule has 1 amide bonds. The molecule has 0 fully saturated rings. The van der Waals surface area contributed by atoms with Gasteiger partial charge in [0.25, 0.3) is 5.91 Å². The maximum absolute atomic E-state index is 13.6. The van der Waals surface area contributed by atoms with Gasteiger partial charge in [-0.25, -0.2) is 9.82 Å². The molecule has 0 saturated heterocycles. The van der Waals surface area contributed by atoms with Gasteiger partial charge in [-0.15, -0.1) is 13.2 Å². The summed E-state index contributed by atoms with van der Waals surface area (Å²) in [5.41, 5.74) is -0.241. The van der Waals surface area contributed by atoms with E-state index in [-0.39, 0.29) is 11.6 Å². The van der Waals surface area contributed by atoms with Gasteiger partial charge in [-0.3, -0.25) is 4.79 Å². The van der Waals surface area contributed by atoms with Crippen LogP contribution in [0.15, 0.2) is 47.6 Å². The van der Waals surface area contributed by atoms with Crippen LogP contribution in [-0.2, 0) is 6.18 Å². The molecule has 2 aromatic carbocycles. The molecule has 0 heterocycles. The summed E-state index contributed by atoms with van der Waals surface area (Å²) < 4.78 is 91.6. The molecule has 0 unspecified atom stereocenters. The van der Waals surface area contributed by atoms with Crippen LogP contribution in [0.4, 0.5) is 30.7 Å². The van der Waals surface area contributed by atoms with E-state index >= 15 is 0 Å². The van der Waals surface area contributed by atoms with Crippen LogP contribution in [-0.4, -0.2) is 18.5 Å². The lowest BCUT2D eigenvalue weighted by Crippen LogP contribution is -2.22. The molecule has 0 atom stereocenters. The first kappa shape index (κ1) is 20.2. The number of hydrogen-bond donors (Lipinski definition) is 1. The second-order valence-electron chi connectivity index (χ2n) is 4.98. The van der Waals surface area contributed by atoms with Gasteiger partial charge in [0.15, 0.2) is 0 Å². The van der Waals surface area contributed by atoms with E-state index in [0.29, 0.717) is 12.3 Å². The first-order chi connectivity index (χ1) is 12.5. The molecule has 144 valence electrons. The van der Waals surface area contributed by atoms with Crippen LogP contribution in [0.3, 0.4) is 0 Å². The van der Waals surface area contributed by atoms with Gasteiger partial charge in [-0.1, -0.05) is 12.1 Å². The molecule has 4 nitrogen and oxygen atoms in total. The Morgan fingerprint density at radius 1 is 1.04 bits per heavy atom. The fraction of sp³-hybridized carbons (Fsp3) is 0.125. The van der Waals surface area contributed by atoms with E-state index in [0.717, 1.165) is 18.2 Å². The second-order valence-corrected chi connectivity index (χ2v) is 4.98. The molecule has 2 aromatic rings. The third-order valence-electron chi connectivity index (χ3n) is 3.05. The maximum atomic E-state index is 13.6. The summed E-state index contributed by atoms with van der Waals surface area (Å²) in [5, 5.41) is 3.33. The molecule has 2 rings (SSSR count). The lowest BCUT2D eigenvalue weighted by molar-refractivity contribution is -0.274. The topological polar surface area (TPSA) is 50.7 Å². The lowest BCUT2D eigenvalue weighted by atomic mass is 10.1. The summed E-state index contributed by atoms with van der Waals surface area (Å²) in [6, 6.07) is 6.06. The van der Waals surface area contributed by atoms with Gasteiger partial charge in [0.1, 0.15) is 11.6 Å². The number of hydrazone groups is 1. The van der Waals surface area contributed by atoms with Crippen LogP contribution >= 0.6 is 0 Å². The highest BCUT2D eigenvalue weighted by atomic mass is 19.4. The predicted octanol–water partition coefficient (Wildman–Crippen LogP) is 4.51. The highest BCUT2D eigenvalue weighted by Gasteiger charge is 2.33. The number of nitrogens with one attached hydrogen (secondary N) is 1. The molecular weight excluding hydrogens is 385 g/mol. The number of benzene rings is 2. The summed E-state index contributed by atoms with van der Waals surface area (Å²) in [7, 11) is 0. The fourth-order valence-corrected chi connectivity index (χ4v) is 1.90. The van der Waals surface area contributed by atoms with Crippen molar-refractivity contribution in [3.63, 3.8) is 0 Å². The van der Waals surface area contributed by atoms with Crippen LogP contribution in [0.1, 0.15) is 21.5 Å². The predicted molar refractivity (Wildman–Crippen MR) is 79.6 cm³/mol. The van der Waals surface area contributed by atoms with E-state index in [4.69, 9.17) is 0 Å². The zero-order valence-corrected chi connectivity index (χ0v) is 13.0. The standard InChI is InChI=1S/C16H9F7N2O2/c17-12-7-10(15(18,19)20)6-5-9(12)8-24-25-14(26)11-3-1-2-4-13(11)27-16(21,22)23/h1-8H,(H,25,26).